The normalized spacial score (nSPS) is 10.4. The van der Waals surface area contributed by atoms with E-state index < -0.39 is 0 Å². The molecule has 4 nitrogen and oxygen atoms in total. The van der Waals surface area contributed by atoms with Gasteiger partial charge in [0, 0.05) is 12.1 Å². The molecule has 0 atom stereocenters. The number of nitrogens with one attached hydrogen (secondary N) is 1. The van der Waals surface area contributed by atoms with Crippen molar-refractivity contribution in [3.05, 3.63) is 45.9 Å². The van der Waals surface area contributed by atoms with Crippen molar-refractivity contribution in [1.82, 2.24) is 5.27 Å². The van der Waals surface area contributed by atoms with E-state index in [4.69, 9.17) is 0 Å². The summed E-state index contributed by atoms with van der Waals surface area (Å²) in [6.45, 7) is 4.07. The number of aromatic nitrogens is 2. The Labute approximate surface area is 80.7 Å². The second kappa shape index (κ2) is 3.14. The molecule has 0 aliphatic heterocycles. The molecule has 0 spiro atoms. The molecule has 1 N–H and O–H groups in total. The van der Waals surface area contributed by atoms with Crippen molar-refractivity contribution < 1.29 is 9.20 Å². The molecule has 2 aromatic rings. The lowest BCUT2D eigenvalue weighted by Gasteiger charge is -1.97. The second-order valence-corrected chi connectivity index (χ2v) is 3.28. The highest BCUT2D eigenvalue weighted by Gasteiger charge is 2.10. The maximum absolute atomic E-state index is 10.8. The topological polar surface area (TPSA) is 49.9 Å². The van der Waals surface area contributed by atoms with E-state index >= 15 is 0 Å². The van der Waals surface area contributed by atoms with Gasteiger partial charge in [-0.3, -0.25) is 4.52 Å². The molecular formula is C10H11N2O2+. The van der Waals surface area contributed by atoms with E-state index in [1.165, 1.54) is 17.3 Å². The summed E-state index contributed by atoms with van der Waals surface area (Å²) in [5.41, 5.74) is 2.90. The van der Waals surface area contributed by atoms with Gasteiger partial charge < -0.3 is 0 Å². The van der Waals surface area contributed by atoms with Crippen LogP contribution in [0.2, 0.25) is 0 Å². The van der Waals surface area contributed by atoms with E-state index in [9.17, 15) is 4.79 Å². The van der Waals surface area contributed by atoms with Crippen molar-refractivity contribution in [2.45, 2.75) is 13.8 Å². The largest absolute Gasteiger partial charge is 0.427 e. The fraction of sp³-hybridized carbons (Fsp3) is 0.200. The zero-order chi connectivity index (χ0) is 10.1. The molecular weight excluding hydrogens is 180 g/mol. The molecule has 0 saturated heterocycles. The summed E-state index contributed by atoms with van der Waals surface area (Å²) in [5, 5.41) is 2.50. The first-order valence-electron chi connectivity index (χ1n) is 4.34. The number of aryl methyl sites for hydroxylation is 2. The Kier molecular flexibility index (Phi) is 1.96. The van der Waals surface area contributed by atoms with Crippen LogP contribution in [0.25, 0.3) is 5.69 Å². The molecule has 0 saturated carbocycles. The Morgan fingerprint density at radius 1 is 1.29 bits per heavy atom. The fourth-order valence-electron chi connectivity index (χ4n) is 1.25. The Bertz CT molecular complexity index is 511. The van der Waals surface area contributed by atoms with Gasteiger partial charge in [-0.2, -0.15) is 0 Å². The molecule has 0 unspecified atom stereocenters. The molecule has 1 aromatic carbocycles. The quantitative estimate of drug-likeness (QED) is 0.680. The van der Waals surface area contributed by atoms with Crippen molar-refractivity contribution in [2.24, 2.45) is 0 Å². The molecule has 1 heterocycles. The van der Waals surface area contributed by atoms with Crippen LogP contribution in [-0.4, -0.2) is 5.27 Å². The predicted octanol–water partition coefficient (Wildman–Crippen LogP) is 0.861. The minimum absolute atomic E-state index is 0.386. The Morgan fingerprint density at radius 3 is 2.64 bits per heavy atom. The van der Waals surface area contributed by atoms with Gasteiger partial charge in [-0.25, -0.2) is 4.79 Å². The highest BCUT2D eigenvalue weighted by molar-refractivity contribution is 5.33. The van der Waals surface area contributed by atoms with Crippen LogP contribution in [0.1, 0.15) is 11.1 Å². The summed E-state index contributed by atoms with van der Waals surface area (Å²) < 4.78 is 6.12. The molecule has 0 radical (unpaired) electrons. The van der Waals surface area contributed by atoms with Gasteiger partial charge in [0.25, 0.3) is 6.20 Å². The summed E-state index contributed by atoms with van der Waals surface area (Å²) >= 11 is 0. The molecule has 0 aliphatic rings. The Balaban J connectivity index is 2.52. The standard InChI is InChI=1S/C10H10N2O2/c1-7-3-4-9(5-8(7)2)12-6-10(13)14-11-12/h3-6H,1-2H3/p+1. The maximum atomic E-state index is 10.8. The number of hydrogen-bond donors (Lipinski definition) is 1. The lowest BCUT2D eigenvalue weighted by atomic mass is 10.1. The summed E-state index contributed by atoms with van der Waals surface area (Å²) in [6, 6.07) is 5.91. The number of rotatable bonds is 1. The van der Waals surface area contributed by atoms with Crippen molar-refractivity contribution in [3.8, 4) is 5.69 Å². The average molecular weight is 191 g/mol. The van der Waals surface area contributed by atoms with Gasteiger partial charge in [0.15, 0.2) is 0 Å². The third kappa shape index (κ3) is 1.46. The number of benzene rings is 1. The van der Waals surface area contributed by atoms with E-state index in [0.29, 0.717) is 0 Å². The van der Waals surface area contributed by atoms with Crippen molar-refractivity contribution in [1.29, 1.82) is 0 Å². The van der Waals surface area contributed by atoms with E-state index in [1.807, 2.05) is 32.0 Å². The molecule has 0 amide bonds. The van der Waals surface area contributed by atoms with Crippen LogP contribution in [0.3, 0.4) is 0 Å². The smallest absolute Gasteiger partial charge is 0.283 e. The van der Waals surface area contributed by atoms with Crippen molar-refractivity contribution >= 4 is 0 Å². The van der Waals surface area contributed by atoms with E-state index in [1.54, 1.807) is 4.68 Å². The maximum Gasteiger partial charge on any atom is 0.427 e. The summed E-state index contributed by atoms with van der Waals surface area (Å²) in [5.74, 6) is 0. The van der Waals surface area contributed by atoms with Crippen LogP contribution >= 0.6 is 0 Å². The molecule has 0 aliphatic carbocycles. The zero-order valence-corrected chi connectivity index (χ0v) is 8.07. The van der Waals surface area contributed by atoms with Gasteiger partial charge in [0.1, 0.15) is 0 Å². The third-order valence-corrected chi connectivity index (χ3v) is 2.25. The Morgan fingerprint density at radius 2 is 2.07 bits per heavy atom. The summed E-state index contributed by atoms with van der Waals surface area (Å²) in [7, 11) is 0. The SMILES string of the molecule is Cc1ccc(-[n+]2cc(=O)o[nH]2)cc1C. The predicted molar refractivity (Wildman–Crippen MR) is 50.3 cm³/mol. The van der Waals surface area contributed by atoms with Crippen LogP contribution in [0.5, 0.6) is 0 Å². The lowest BCUT2D eigenvalue weighted by Crippen LogP contribution is -2.32. The molecule has 1 aromatic heterocycles. The van der Waals surface area contributed by atoms with Crippen molar-refractivity contribution in [2.75, 3.05) is 0 Å². The van der Waals surface area contributed by atoms with Gasteiger partial charge in [0.05, 0.1) is 0 Å². The van der Waals surface area contributed by atoms with E-state index in [0.717, 1.165) is 5.69 Å². The molecule has 0 fully saturated rings. The fourth-order valence-corrected chi connectivity index (χ4v) is 1.25. The molecule has 72 valence electrons. The van der Waals surface area contributed by atoms with E-state index in [2.05, 4.69) is 9.79 Å². The number of nitrogens with zero attached hydrogens (tertiary/aromatic N) is 1. The van der Waals surface area contributed by atoms with Gasteiger partial charge in [-0.05, 0) is 34.9 Å². The number of aromatic amines is 1. The number of H-pyrrole nitrogens is 1. The van der Waals surface area contributed by atoms with Gasteiger partial charge in [-0.1, -0.05) is 6.07 Å². The molecule has 4 heteroatoms. The minimum atomic E-state index is -0.386. The van der Waals surface area contributed by atoms with Crippen molar-refractivity contribution in [3.63, 3.8) is 0 Å². The van der Waals surface area contributed by atoms with E-state index in [-0.39, 0.29) is 5.63 Å². The average Bonchev–Trinajstić information content (AvgIpc) is 2.57. The summed E-state index contributed by atoms with van der Waals surface area (Å²) in [6.07, 6.45) is 1.37. The van der Waals surface area contributed by atoms with Crippen LogP contribution in [0.15, 0.2) is 33.7 Å². The van der Waals surface area contributed by atoms with Gasteiger partial charge in [0.2, 0.25) is 5.69 Å². The number of hydrogen-bond acceptors (Lipinski definition) is 2. The minimum Gasteiger partial charge on any atom is -0.283 e. The van der Waals surface area contributed by atoms with Crippen LogP contribution < -0.4 is 10.3 Å². The van der Waals surface area contributed by atoms with Gasteiger partial charge >= 0.3 is 5.63 Å². The molecule has 2 rings (SSSR count). The monoisotopic (exact) mass is 191 g/mol. The van der Waals surface area contributed by atoms with Crippen LogP contribution in [0.4, 0.5) is 0 Å². The lowest BCUT2D eigenvalue weighted by molar-refractivity contribution is -0.670. The highest BCUT2D eigenvalue weighted by Crippen LogP contribution is 2.08. The molecule has 14 heavy (non-hydrogen) atoms. The first-order valence-corrected chi connectivity index (χ1v) is 4.34. The zero-order valence-electron chi connectivity index (χ0n) is 8.07. The first kappa shape index (κ1) is 8.74. The highest BCUT2D eigenvalue weighted by atomic mass is 16.5. The molecule has 0 bridgehead atoms. The summed E-state index contributed by atoms with van der Waals surface area (Å²) in [4.78, 5) is 10.8. The first-order chi connectivity index (χ1) is 6.66. The second-order valence-electron chi connectivity index (χ2n) is 3.28. The van der Waals surface area contributed by atoms with Crippen LogP contribution in [0, 0.1) is 13.8 Å². The Hall–Kier alpha value is -1.84. The third-order valence-electron chi connectivity index (χ3n) is 2.25. The van der Waals surface area contributed by atoms with Gasteiger partial charge in [-0.15, -0.1) is 0 Å². The van der Waals surface area contributed by atoms with Crippen LogP contribution in [-0.2, 0) is 0 Å².